The lowest BCUT2D eigenvalue weighted by molar-refractivity contribution is 0.720. The molecular weight excluding hydrogens is 248 g/mol. The molecule has 0 radical (unpaired) electrons. The monoisotopic (exact) mass is 264 g/mol. The molecule has 0 amide bonds. The topological polar surface area (TPSA) is 56.7 Å². The molecule has 2 heterocycles. The third-order valence-corrected chi connectivity index (χ3v) is 3.91. The summed E-state index contributed by atoms with van der Waals surface area (Å²) in [5.41, 5.74) is 9.25. The SMILES string of the molecule is Cc1nc(-c2ccc3ncccc3c2)c(N)n1C1CC1. The van der Waals surface area contributed by atoms with Gasteiger partial charge >= 0.3 is 0 Å². The molecule has 1 aliphatic carbocycles. The number of aromatic nitrogens is 3. The molecule has 100 valence electrons. The van der Waals surface area contributed by atoms with Crippen LogP contribution in [0.15, 0.2) is 36.5 Å². The highest BCUT2D eigenvalue weighted by Crippen LogP contribution is 2.40. The zero-order valence-electron chi connectivity index (χ0n) is 11.4. The number of imidazole rings is 1. The van der Waals surface area contributed by atoms with E-state index in [0.29, 0.717) is 6.04 Å². The second-order valence-corrected chi connectivity index (χ2v) is 5.40. The van der Waals surface area contributed by atoms with Crippen LogP contribution in [-0.2, 0) is 0 Å². The van der Waals surface area contributed by atoms with Gasteiger partial charge in [0.15, 0.2) is 0 Å². The predicted molar refractivity (Wildman–Crippen MR) is 80.4 cm³/mol. The largest absolute Gasteiger partial charge is 0.383 e. The summed E-state index contributed by atoms with van der Waals surface area (Å²) in [7, 11) is 0. The highest BCUT2D eigenvalue weighted by molar-refractivity contribution is 5.85. The Morgan fingerprint density at radius 1 is 1.25 bits per heavy atom. The van der Waals surface area contributed by atoms with Crippen LogP contribution in [0.5, 0.6) is 0 Å². The van der Waals surface area contributed by atoms with Gasteiger partial charge in [0.05, 0.1) is 5.52 Å². The van der Waals surface area contributed by atoms with E-state index in [9.17, 15) is 0 Å². The van der Waals surface area contributed by atoms with Crippen molar-refractivity contribution >= 4 is 16.7 Å². The number of hydrogen-bond donors (Lipinski definition) is 1. The van der Waals surface area contributed by atoms with Gasteiger partial charge in [-0.1, -0.05) is 12.1 Å². The zero-order chi connectivity index (χ0) is 13.7. The van der Waals surface area contributed by atoms with Crippen LogP contribution in [0, 0.1) is 6.92 Å². The molecular formula is C16H16N4. The number of nitrogen functional groups attached to an aromatic ring is 1. The standard InChI is InChI=1S/C16H16N4/c1-10-19-15(16(17)20(10)13-5-6-13)12-4-7-14-11(9-12)3-2-8-18-14/h2-4,7-9,13H,5-6,17H2,1H3. The molecule has 0 bridgehead atoms. The summed E-state index contributed by atoms with van der Waals surface area (Å²) in [5.74, 6) is 1.79. The van der Waals surface area contributed by atoms with Crippen LogP contribution < -0.4 is 5.73 Å². The van der Waals surface area contributed by atoms with E-state index in [0.717, 1.165) is 33.8 Å². The Balaban J connectivity index is 1.88. The van der Waals surface area contributed by atoms with Crippen LogP contribution in [0.3, 0.4) is 0 Å². The molecule has 0 saturated heterocycles. The number of aryl methyl sites for hydroxylation is 1. The lowest BCUT2D eigenvalue weighted by atomic mass is 10.1. The van der Waals surface area contributed by atoms with Gasteiger partial charge in [-0.2, -0.15) is 0 Å². The summed E-state index contributed by atoms with van der Waals surface area (Å²) >= 11 is 0. The van der Waals surface area contributed by atoms with E-state index >= 15 is 0 Å². The van der Waals surface area contributed by atoms with Gasteiger partial charge in [-0.05, 0) is 38.0 Å². The van der Waals surface area contributed by atoms with E-state index in [1.807, 2.05) is 31.3 Å². The van der Waals surface area contributed by atoms with Crippen molar-refractivity contribution in [1.82, 2.24) is 14.5 Å². The van der Waals surface area contributed by atoms with Crippen molar-refractivity contribution in [1.29, 1.82) is 0 Å². The van der Waals surface area contributed by atoms with E-state index in [2.05, 4.69) is 26.7 Å². The van der Waals surface area contributed by atoms with Gasteiger partial charge in [0, 0.05) is 23.2 Å². The summed E-state index contributed by atoms with van der Waals surface area (Å²) in [5, 5.41) is 1.11. The molecule has 1 saturated carbocycles. The molecule has 0 aliphatic heterocycles. The summed E-state index contributed by atoms with van der Waals surface area (Å²) in [6.45, 7) is 2.03. The van der Waals surface area contributed by atoms with Gasteiger partial charge in [-0.25, -0.2) is 4.98 Å². The van der Waals surface area contributed by atoms with Gasteiger partial charge in [-0.15, -0.1) is 0 Å². The van der Waals surface area contributed by atoms with Crippen LogP contribution in [0.2, 0.25) is 0 Å². The van der Waals surface area contributed by atoms with E-state index in [4.69, 9.17) is 5.73 Å². The van der Waals surface area contributed by atoms with Crippen molar-refractivity contribution in [2.45, 2.75) is 25.8 Å². The van der Waals surface area contributed by atoms with Gasteiger partial charge in [0.1, 0.15) is 17.3 Å². The number of hydrogen-bond acceptors (Lipinski definition) is 3. The number of nitrogens with two attached hydrogens (primary N) is 1. The number of pyridine rings is 1. The third-order valence-electron chi connectivity index (χ3n) is 3.91. The Kier molecular flexibility index (Phi) is 2.33. The van der Waals surface area contributed by atoms with E-state index in [-0.39, 0.29) is 0 Å². The number of nitrogens with zero attached hydrogens (tertiary/aromatic N) is 3. The molecule has 1 aromatic carbocycles. The molecule has 0 spiro atoms. The first-order valence-corrected chi connectivity index (χ1v) is 6.93. The average Bonchev–Trinajstić information content (AvgIpc) is 3.24. The van der Waals surface area contributed by atoms with E-state index < -0.39 is 0 Å². The molecule has 4 nitrogen and oxygen atoms in total. The Morgan fingerprint density at radius 3 is 2.90 bits per heavy atom. The molecule has 4 heteroatoms. The maximum absolute atomic E-state index is 6.31. The molecule has 2 aromatic heterocycles. The first kappa shape index (κ1) is 11.5. The Bertz CT molecular complexity index is 799. The second-order valence-electron chi connectivity index (χ2n) is 5.40. The van der Waals surface area contributed by atoms with Crippen molar-refractivity contribution in [3.63, 3.8) is 0 Å². The third kappa shape index (κ3) is 1.68. The van der Waals surface area contributed by atoms with Crippen molar-refractivity contribution in [2.24, 2.45) is 0 Å². The quantitative estimate of drug-likeness (QED) is 0.772. The zero-order valence-corrected chi connectivity index (χ0v) is 11.4. The van der Waals surface area contributed by atoms with Gasteiger partial charge in [-0.3, -0.25) is 4.98 Å². The number of anilines is 1. The van der Waals surface area contributed by atoms with Gasteiger partial charge in [0.2, 0.25) is 0 Å². The first-order chi connectivity index (χ1) is 9.74. The molecule has 3 aromatic rings. The summed E-state index contributed by atoms with van der Waals surface area (Å²) in [6, 6.07) is 10.7. The van der Waals surface area contributed by atoms with Crippen molar-refractivity contribution in [3.05, 3.63) is 42.4 Å². The molecule has 2 N–H and O–H groups in total. The highest BCUT2D eigenvalue weighted by Gasteiger charge is 2.28. The van der Waals surface area contributed by atoms with Crippen LogP contribution in [0.25, 0.3) is 22.2 Å². The summed E-state index contributed by atoms with van der Waals surface area (Å²) in [6.07, 6.45) is 4.23. The molecule has 4 rings (SSSR count). The highest BCUT2D eigenvalue weighted by atomic mass is 15.2. The summed E-state index contributed by atoms with van der Waals surface area (Å²) in [4.78, 5) is 9.01. The number of fused-ring (bicyclic) bond motifs is 1. The van der Waals surface area contributed by atoms with Crippen molar-refractivity contribution in [3.8, 4) is 11.3 Å². The minimum atomic E-state index is 0.554. The minimum absolute atomic E-state index is 0.554. The Morgan fingerprint density at radius 2 is 2.10 bits per heavy atom. The van der Waals surface area contributed by atoms with Crippen LogP contribution >= 0.6 is 0 Å². The van der Waals surface area contributed by atoms with Crippen molar-refractivity contribution in [2.75, 3.05) is 5.73 Å². The van der Waals surface area contributed by atoms with Gasteiger partial charge in [0.25, 0.3) is 0 Å². The van der Waals surface area contributed by atoms with Crippen LogP contribution in [0.1, 0.15) is 24.7 Å². The lowest BCUT2D eigenvalue weighted by Gasteiger charge is -2.05. The van der Waals surface area contributed by atoms with Crippen molar-refractivity contribution < 1.29 is 0 Å². The van der Waals surface area contributed by atoms with Crippen LogP contribution in [-0.4, -0.2) is 14.5 Å². The molecule has 1 aliphatic rings. The maximum atomic E-state index is 6.31. The minimum Gasteiger partial charge on any atom is -0.383 e. The van der Waals surface area contributed by atoms with Gasteiger partial charge < -0.3 is 10.3 Å². The lowest BCUT2D eigenvalue weighted by Crippen LogP contribution is -2.02. The number of benzene rings is 1. The molecule has 0 atom stereocenters. The first-order valence-electron chi connectivity index (χ1n) is 6.93. The fourth-order valence-corrected chi connectivity index (χ4v) is 2.79. The molecule has 20 heavy (non-hydrogen) atoms. The second kappa shape index (κ2) is 4.07. The maximum Gasteiger partial charge on any atom is 0.131 e. The fourth-order valence-electron chi connectivity index (χ4n) is 2.79. The van der Waals surface area contributed by atoms with E-state index in [1.165, 1.54) is 12.8 Å². The normalized spacial score (nSPS) is 14.8. The number of rotatable bonds is 2. The molecule has 1 fully saturated rings. The average molecular weight is 264 g/mol. The molecule has 0 unspecified atom stereocenters. The smallest absolute Gasteiger partial charge is 0.131 e. The van der Waals surface area contributed by atoms with E-state index in [1.54, 1.807) is 0 Å². The Labute approximate surface area is 117 Å². The Hall–Kier alpha value is -2.36. The fraction of sp³-hybridized carbons (Fsp3) is 0.250. The predicted octanol–water partition coefficient (Wildman–Crippen LogP) is 3.32. The summed E-state index contributed by atoms with van der Waals surface area (Å²) < 4.78 is 2.17. The van der Waals surface area contributed by atoms with Crippen LogP contribution in [0.4, 0.5) is 5.82 Å².